The van der Waals surface area contributed by atoms with Gasteiger partial charge in [-0.3, -0.25) is 4.79 Å². The van der Waals surface area contributed by atoms with Gasteiger partial charge in [0.1, 0.15) is 5.82 Å². The van der Waals surface area contributed by atoms with Crippen LogP contribution in [0.1, 0.15) is 6.92 Å². The molecule has 0 aliphatic heterocycles. The SMILES string of the molecule is CC(Sc1ccc(N)cc1)C(=O)Nc1ccc(F)c(Cl)c1. The molecule has 1 amide bonds. The van der Waals surface area contributed by atoms with Crippen molar-refractivity contribution in [2.45, 2.75) is 17.1 Å². The van der Waals surface area contributed by atoms with Gasteiger partial charge in [-0.15, -0.1) is 11.8 Å². The van der Waals surface area contributed by atoms with Crippen molar-refractivity contribution in [1.29, 1.82) is 0 Å². The molecule has 3 N–H and O–H groups in total. The lowest BCUT2D eigenvalue weighted by atomic mass is 10.3. The van der Waals surface area contributed by atoms with Crippen molar-refractivity contribution < 1.29 is 9.18 Å². The maximum Gasteiger partial charge on any atom is 0.237 e. The number of amides is 1. The van der Waals surface area contributed by atoms with E-state index in [0.717, 1.165) is 4.90 Å². The molecule has 3 nitrogen and oxygen atoms in total. The zero-order valence-electron chi connectivity index (χ0n) is 11.3. The second-order valence-electron chi connectivity index (χ2n) is 4.45. The Morgan fingerprint density at radius 2 is 1.95 bits per heavy atom. The molecule has 1 atom stereocenters. The van der Waals surface area contributed by atoms with Crippen LogP contribution >= 0.6 is 23.4 Å². The third-order valence-corrected chi connectivity index (χ3v) is 4.15. The molecule has 0 heterocycles. The number of thioether (sulfide) groups is 1. The van der Waals surface area contributed by atoms with Crippen LogP contribution in [0.5, 0.6) is 0 Å². The Balaban J connectivity index is 1.98. The number of rotatable bonds is 4. The van der Waals surface area contributed by atoms with Gasteiger partial charge >= 0.3 is 0 Å². The summed E-state index contributed by atoms with van der Waals surface area (Å²) in [5.74, 6) is -0.696. The van der Waals surface area contributed by atoms with Crippen LogP contribution in [0.4, 0.5) is 15.8 Å². The highest BCUT2D eigenvalue weighted by molar-refractivity contribution is 8.00. The van der Waals surface area contributed by atoms with Crippen molar-refractivity contribution in [1.82, 2.24) is 0 Å². The average molecular weight is 325 g/mol. The molecule has 0 fully saturated rings. The number of halogens is 2. The summed E-state index contributed by atoms with van der Waals surface area (Å²) in [4.78, 5) is 13.0. The van der Waals surface area contributed by atoms with Crippen molar-refractivity contribution in [3.05, 3.63) is 53.3 Å². The van der Waals surface area contributed by atoms with Gasteiger partial charge in [0, 0.05) is 16.3 Å². The number of hydrogen-bond donors (Lipinski definition) is 2. The Kier molecular flexibility index (Phi) is 5.09. The van der Waals surface area contributed by atoms with Crippen molar-refractivity contribution in [3.8, 4) is 0 Å². The lowest BCUT2D eigenvalue weighted by molar-refractivity contribution is -0.115. The highest BCUT2D eigenvalue weighted by atomic mass is 35.5. The van der Waals surface area contributed by atoms with Crippen LogP contribution in [0.3, 0.4) is 0 Å². The number of anilines is 2. The Labute approximate surface area is 131 Å². The second-order valence-corrected chi connectivity index (χ2v) is 6.27. The van der Waals surface area contributed by atoms with Gasteiger partial charge in [0.2, 0.25) is 5.91 Å². The molecule has 2 rings (SSSR count). The number of nitrogens with two attached hydrogens (primary N) is 1. The summed E-state index contributed by atoms with van der Waals surface area (Å²) in [6, 6.07) is 11.4. The number of hydrogen-bond acceptors (Lipinski definition) is 3. The Hall–Kier alpha value is -1.72. The van der Waals surface area contributed by atoms with Gasteiger partial charge in [0.15, 0.2) is 0 Å². The Morgan fingerprint density at radius 1 is 1.29 bits per heavy atom. The quantitative estimate of drug-likeness (QED) is 0.655. The first kappa shape index (κ1) is 15.7. The Bertz CT molecular complexity index is 649. The van der Waals surface area contributed by atoms with Crippen molar-refractivity contribution in [2.24, 2.45) is 0 Å². The third-order valence-electron chi connectivity index (χ3n) is 2.75. The van der Waals surface area contributed by atoms with E-state index in [4.69, 9.17) is 17.3 Å². The molecule has 0 spiro atoms. The Morgan fingerprint density at radius 3 is 2.57 bits per heavy atom. The fraction of sp³-hybridized carbons (Fsp3) is 0.133. The maximum atomic E-state index is 13.1. The van der Waals surface area contributed by atoms with Gasteiger partial charge in [-0.2, -0.15) is 0 Å². The van der Waals surface area contributed by atoms with E-state index in [1.54, 1.807) is 19.1 Å². The van der Waals surface area contributed by atoms with Gasteiger partial charge in [-0.1, -0.05) is 11.6 Å². The molecule has 21 heavy (non-hydrogen) atoms. The first-order chi connectivity index (χ1) is 9.95. The molecule has 110 valence electrons. The van der Waals surface area contributed by atoms with Crippen LogP contribution in [-0.2, 0) is 4.79 Å². The summed E-state index contributed by atoms with van der Waals surface area (Å²) in [6.45, 7) is 1.79. The first-order valence-corrected chi connectivity index (χ1v) is 7.49. The van der Waals surface area contributed by atoms with E-state index >= 15 is 0 Å². The second kappa shape index (κ2) is 6.83. The monoisotopic (exact) mass is 324 g/mol. The zero-order valence-corrected chi connectivity index (χ0v) is 12.8. The normalized spacial score (nSPS) is 12.0. The zero-order chi connectivity index (χ0) is 15.4. The molecule has 0 aliphatic carbocycles. The molecular formula is C15H14ClFN2OS. The van der Waals surface area contributed by atoms with E-state index in [9.17, 15) is 9.18 Å². The minimum Gasteiger partial charge on any atom is -0.399 e. The average Bonchev–Trinajstić information content (AvgIpc) is 2.45. The fourth-order valence-corrected chi connectivity index (χ4v) is 2.67. The van der Waals surface area contributed by atoms with Crippen LogP contribution in [-0.4, -0.2) is 11.2 Å². The van der Waals surface area contributed by atoms with Gasteiger partial charge in [0.25, 0.3) is 0 Å². The van der Waals surface area contributed by atoms with Crippen LogP contribution in [0.15, 0.2) is 47.4 Å². The number of carbonyl (C=O) groups is 1. The van der Waals surface area contributed by atoms with Crippen LogP contribution in [0, 0.1) is 5.82 Å². The summed E-state index contributed by atoms with van der Waals surface area (Å²) < 4.78 is 13.1. The van der Waals surface area contributed by atoms with E-state index in [2.05, 4.69) is 5.32 Å². The van der Waals surface area contributed by atoms with Crippen molar-refractivity contribution in [2.75, 3.05) is 11.1 Å². The molecule has 1 unspecified atom stereocenters. The number of benzene rings is 2. The number of nitrogen functional groups attached to an aromatic ring is 1. The van der Waals surface area contributed by atoms with Gasteiger partial charge in [-0.05, 0) is 49.4 Å². The summed E-state index contributed by atoms with van der Waals surface area (Å²) in [6.07, 6.45) is 0. The lowest BCUT2D eigenvalue weighted by Gasteiger charge is -2.12. The first-order valence-electron chi connectivity index (χ1n) is 6.24. The summed E-state index contributed by atoms with van der Waals surface area (Å²) in [5, 5.41) is 2.38. The summed E-state index contributed by atoms with van der Waals surface area (Å²) in [7, 11) is 0. The molecular weight excluding hydrogens is 311 g/mol. The van der Waals surface area contributed by atoms with Gasteiger partial charge in [-0.25, -0.2) is 4.39 Å². The lowest BCUT2D eigenvalue weighted by Crippen LogP contribution is -2.22. The smallest absolute Gasteiger partial charge is 0.237 e. The highest BCUT2D eigenvalue weighted by Gasteiger charge is 2.15. The van der Waals surface area contributed by atoms with Gasteiger partial charge in [0.05, 0.1) is 10.3 Å². The third kappa shape index (κ3) is 4.37. The predicted molar refractivity (Wildman–Crippen MR) is 86.2 cm³/mol. The molecule has 2 aromatic rings. The van der Waals surface area contributed by atoms with Gasteiger partial charge < -0.3 is 11.1 Å². The summed E-state index contributed by atoms with van der Waals surface area (Å²) >= 11 is 7.09. The fourth-order valence-electron chi connectivity index (χ4n) is 1.62. The minimum absolute atomic E-state index is 0.0216. The molecule has 0 aromatic heterocycles. The molecule has 0 saturated carbocycles. The van der Waals surface area contributed by atoms with E-state index < -0.39 is 5.82 Å². The van der Waals surface area contributed by atoms with Crippen LogP contribution in [0.25, 0.3) is 0 Å². The molecule has 0 bridgehead atoms. The largest absolute Gasteiger partial charge is 0.399 e. The van der Waals surface area contributed by atoms with E-state index in [0.29, 0.717) is 11.4 Å². The summed E-state index contributed by atoms with van der Waals surface area (Å²) in [5.41, 5.74) is 6.76. The topological polar surface area (TPSA) is 55.1 Å². The van der Waals surface area contributed by atoms with Crippen molar-refractivity contribution >= 4 is 40.6 Å². The van der Waals surface area contributed by atoms with Crippen LogP contribution < -0.4 is 11.1 Å². The minimum atomic E-state index is -0.515. The van der Waals surface area contributed by atoms with Crippen molar-refractivity contribution in [3.63, 3.8) is 0 Å². The predicted octanol–water partition coefficient (Wildman–Crippen LogP) is 4.18. The molecule has 2 aromatic carbocycles. The number of carbonyl (C=O) groups excluding carboxylic acids is 1. The molecule has 0 radical (unpaired) electrons. The molecule has 0 aliphatic rings. The van der Waals surface area contributed by atoms with E-state index in [1.165, 1.54) is 30.0 Å². The number of nitrogens with one attached hydrogen (secondary N) is 1. The van der Waals surface area contributed by atoms with Crippen LogP contribution in [0.2, 0.25) is 5.02 Å². The molecule has 0 saturated heterocycles. The standard InChI is InChI=1S/C15H14ClFN2OS/c1-9(21-12-5-2-10(18)3-6-12)15(20)19-11-4-7-14(17)13(16)8-11/h2-9H,18H2,1H3,(H,19,20). The highest BCUT2D eigenvalue weighted by Crippen LogP contribution is 2.25. The molecule has 6 heteroatoms. The van der Waals surface area contributed by atoms with E-state index in [1.807, 2.05) is 12.1 Å². The maximum absolute atomic E-state index is 13.1. The van der Waals surface area contributed by atoms with E-state index in [-0.39, 0.29) is 16.2 Å².